The molecule has 0 aliphatic heterocycles. The number of alkyl halides is 1. The Kier molecular flexibility index (Phi) is 3.65. The molecule has 4 N–H and O–H groups in total. The van der Waals surface area contributed by atoms with Gasteiger partial charge in [-0.2, -0.15) is 0 Å². The maximum absolute atomic E-state index is 5.76. The molecule has 0 aliphatic rings. The van der Waals surface area contributed by atoms with Gasteiger partial charge in [0.05, 0.1) is 11.4 Å². The Bertz CT molecular complexity index is 308. The van der Waals surface area contributed by atoms with E-state index in [1.54, 1.807) is 6.07 Å². The molecule has 70 valence electrons. The lowest BCUT2D eigenvalue weighted by molar-refractivity contribution is 1.24. The first-order chi connectivity index (χ1) is 6.25. The van der Waals surface area contributed by atoms with Gasteiger partial charge in [0.2, 0.25) is 0 Å². The SMILES string of the molecule is Nc1cccc(C=CCCCl)c1N. The number of para-hydroxylation sites is 1. The Balaban J connectivity index is 2.83. The predicted molar refractivity (Wildman–Crippen MR) is 59.6 cm³/mol. The monoisotopic (exact) mass is 196 g/mol. The van der Waals surface area contributed by atoms with Gasteiger partial charge in [-0.3, -0.25) is 0 Å². The fourth-order valence-corrected chi connectivity index (χ4v) is 1.15. The molecule has 1 aromatic rings. The largest absolute Gasteiger partial charge is 0.397 e. The van der Waals surface area contributed by atoms with Crippen molar-refractivity contribution in [2.24, 2.45) is 0 Å². The molecule has 0 fully saturated rings. The lowest BCUT2D eigenvalue weighted by atomic mass is 10.1. The zero-order valence-corrected chi connectivity index (χ0v) is 8.09. The highest BCUT2D eigenvalue weighted by molar-refractivity contribution is 6.17. The van der Waals surface area contributed by atoms with Crippen LogP contribution in [0.2, 0.25) is 0 Å². The minimum absolute atomic E-state index is 0.619. The highest BCUT2D eigenvalue weighted by Gasteiger charge is 1.96. The van der Waals surface area contributed by atoms with E-state index in [-0.39, 0.29) is 0 Å². The second-order valence-corrected chi connectivity index (χ2v) is 3.11. The van der Waals surface area contributed by atoms with Crippen molar-refractivity contribution in [3.05, 3.63) is 29.8 Å². The molecule has 0 amide bonds. The molecule has 0 radical (unpaired) electrons. The van der Waals surface area contributed by atoms with E-state index < -0.39 is 0 Å². The van der Waals surface area contributed by atoms with Gasteiger partial charge in [0.15, 0.2) is 0 Å². The molecule has 0 aliphatic carbocycles. The van der Waals surface area contributed by atoms with Crippen LogP contribution in [0.4, 0.5) is 11.4 Å². The number of rotatable bonds is 3. The average molecular weight is 197 g/mol. The first-order valence-corrected chi connectivity index (χ1v) is 4.65. The summed E-state index contributed by atoms with van der Waals surface area (Å²) in [4.78, 5) is 0. The molecule has 3 heteroatoms. The van der Waals surface area contributed by atoms with Gasteiger partial charge in [0, 0.05) is 5.88 Å². The second-order valence-electron chi connectivity index (χ2n) is 2.73. The minimum atomic E-state index is 0.619. The van der Waals surface area contributed by atoms with E-state index >= 15 is 0 Å². The summed E-state index contributed by atoms with van der Waals surface area (Å²) in [6.07, 6.45) is 4.77. The number of benzene rings is 1. The molecule has 0 heterocycles. The van der Waals surface area contributed by atoms with Gasteiger partial charge in [-0.05, 0) is 18.1 Å². The number of anilines is 2. The zero-order chi connectivity index (χ0) is 9.68. The molecule has 0 unspecified atom stereocenters. The summed E-state index contributed by atoms with van der Waals surface area (Å²) in [5.74, 6) is 0.624. The quantitative estimate of drug-likeness (QED) is 0.577. The van der Waals surface area contributed by atoms with Crippen LogP contribution in [0.5, 0.6) is 0 Å². The lowest BCUT2D eigenvalue weighted by Gasteiger charge is -2.02. The number of halogens is 1. The van der Waals surface area contributed by atoms with Gasteiger partial charge < -0.3 is 11.5 Å². The van der Waals surface area contributed by atoms with E-state index in [0.29, 0.717) is 17.3 Å². The molecule has 1 rings (SSSR count). The van der Waals surface area contributed by atoms with Crippen molar-refractivity contribution >= 4 is 29.1 Å². The van der Waals surface area contributed by atoms with Crippen molar-refractivity contribution < 1.29 is 0 Å². The molecule has 0 saturated heterocycles. The van der Waals surface area contributed by atoms with Crippen LogP contribution in [0.3, 0.4) is 0 Å². The van der Waals surface area contributed by atoms with E-state index in [1.165, 1.54) is 0 Å². The minimum Gasteiger partial charge on any atom is -0.397 e. The summed E-state index contributed by atoms with van der Waals surface area (Å²) in [5, 5.41) is 0. The Labute approximate surface area is 83.2 Å². The van der Waals surface area contributed by atoms with Gasteiger partial charge in [0.25, 0.3) is 0 Å². The third kappa shape index (κ3) is 2.67. The standard InChI is InChI=1S/C10H13ClN2/c11-7-2-1-4-8-5-3-6-9(12)10(8)13/h1,3-6H,2,7,12-13H2. The van der Waals surface area contributed by atoms with E-state index in [0.717, 1.165) is 12.0 Å². The summed E-state index contributed by atoms with van der Waals surface area (Å²) in [5.41, 5.74) is 13.6. The predicted octanol–water partition coefficient (Wildman–Crippen LogP) is 2.49. The van der Waals surface area contributed by atoms with E-state index in [2.05, 4.69) is 0 Å². The van der Waals surface area contributed by atoms with Crippen LogP contribution in [0.15, 0.2) is 24.3 Å². The number of nitrogens with two attached hydrogens (primary N) is 2. The maximum Gasteiger partial charge on any atom is 0.0621 e. The Hall–Kier alpha value is -1.15. The second kappa shape index (κ2) is 4.77. The summed E-state index contributed by atoms with van der Waals surface area (Å²) in [6.45, 7) is 0. The van der Waals surface area contributed by atoms with Crippen LogP contribution in [0.1, 0.15) is 12.0 Å². The van der Waals surface area contributed by atoms with Crippen LogP contribution >= 0.6 is 11.6 Å². The number of allylic oxidation sites excluding steroid dienone is 1. The summed E-state index contributed by atoms with van der Waals surface area (Å²) in [7, 11) is 0. The topological polar surface area (TPSA) is 52.0 Å². The molecule has 0 spiro atoms. The molecule has 0 atom stereocenters. The number of hydrogen-bond acceptors (Lipinski definition) is 2. The van der Waals surface area contributed by atoms with Crippen LogP contribution in [0.25, 0.3) is 6.08 Å². The highest BCUT2D eigenvalue weighted by atomic mass is 35.5. The zero-order valence-electron chi connectivity index (χ0n) is 7.33. The molecule has 0 aromatic heterocycles. The van der Waals surface area contributed by atoms with E-state index in [1.807, 2.05) is 24.3 Å². The first-order valence-electron chi connectivity index (χ1n) is 4.12. The molecule has 0 bridgehead atoms. The van der Waals surface area contributed by atoms with Crippen LogP contribution < -0.4 is 11.5 Å². The Morgan fingerprint density at radius 3 is 2.77 bits per heavy atom. The third-order valence-corrected chi connectivity index (χ3v) is 1.96. The lowest BCUT2D eigenvalue weighted by Crippen LogP contribution is -1.96. The fraction of sp³-hybridized carbons (Fsp3) is 0.200. The summed E-state index contributed by atoms with van der Waals surface area (Å²) >= 11 is 5.53. The van der Waals surface area contributed by atoms with Crippen molar-refractivity contribution in [2.75, 3.05) is 17.3 Å². The molecule has 13 heavy (non-hydrogen) atoms. The third-order valence-electron chi connectivity index (χ3n) is 1.75. The van der Waals surface area contributed by atoms with Gasteiger partial charge in [0.1, 0.15) is 0 Å². The molecule has 2 nitrogen and oxygen atoms in total. The van der Waals surface area contributed by atoms with Gasteiger partial charge in [-0.15, -0.1) is 11.6 Å². The molecule has 1 aromatic carbocycles. The number of hydrogen-bond donors (Lipinski definition) is 2. The van der Waals surface area contributed by atoms with Crippen LogP contribution in [-0.4, -0.2) is 5.88 Å². The van der Waals surface area contributed by atoms with Crippen molar-refractivity contribution in [3.63, 3.8) is 0 Å². The first kappa shape index (κ1) is 9.93. The van der Waals surface area contributed by atoms with Crippen molar-refractivity contribution in [1.29, 1.82) is 0 Å². The average Bonchev–Trinajstić information content (AvgIpc) is 2.13. The number of nitrogen functional groups attached to an aromatic ring is 2. The molecular formula is C10H13ClN2. The van der Waals surface area contributed by atoms with Crippen molar-refractivity contribution in [1.82, 2.24) is 0 Å². The maximum atomic E-state index is 5.76. The van der Waals surface area contributed by atoms with Gasteiger partial charge in [-0.1, -0.05) is 24.3 Å². The summed E-state index contributed by atoms with van der Waals surface area (Å²) < 4.78 is 0. The Morgan fingerprint density at radius 1 is 1.31 bits per heavy atom. The fourth-order valence-electron chi connectivity index (χ4n) is 1.02. The molecule has 0 saturated carbocycles. The smallest absolute Gasteiger partial charge is 0.0621 e. The van der Waals surface area contributed by atoms with Crippen LogP contribution in [0, 0.1) is 0 Å². The highest BCUT2D eigenvalue weighted by Crippen LogP contribution is 2.20. The van der Waals surface area contributed by atoms with E-state index in [9.17, 15) is 0 Å². The van der Waals surface area contributed by atoms with Gasteiger partial charge in [-0.25, -0.2) is 0 Å². The van der Waals surface area contributed by atoms with Crippen LogP contribution in [-0.2, 0) is 0 Å². The normalized spacial score (nSPS) is 10.8. The summed E-state index contributed by atoms with van der Waals surface area (Å²) in [6, 6.07) is 5.59. The molecular weight excluding hydrogens is 184 g/mol. The van der Waals surface area contributed by atoms with Crippen molar-refractivity contribution in [3.8, 4) is 0 Å². The van der Waals surface area contributed by atoms with Crippen molar-refractivity contribution in [2.45, 2.75) is 6.42 Å². The van der Waals surface area contributed by atoms with E-state index in [4.69, 9.17) is 23.1 Å². The Morgan fingerprint density at radius 2 is 2.08 bits per heavy atom. The van der Waals surface area contributed by atoms with Gasteiger partial charge >= 0.3 is 0 Å².